The van der Waals surface area contributed by atoms with Gasteiger partial charge in [-0.1, -0.05) is 41.6 Å². The molecule has 0 spiro atoms. The highest BCUT2D eigenvalue weighted by molar-refractivity contribution is 5.61. The normalized spacial score (nSPS) is 16.9. The van der Waals surface area contributed by atoms with Crippen molar-refractivity contribution in [3.63, 3.8) is 0 Å². The number of benzene rings is 2. The molecular formula is C17H14N2O2. The van der Waals surface area contributed by atoms with E-state index in [4.69, 9.17) is 4.52 Å². The Morgan fingerprint density at radius 2 is 1.86 bits per heavy atom. The molecule has 4 heteroatoms. The maximum atomic E-state index is 9.87. The number of fused-ring (bicyclic) bond motifs is 1. The third-order valence-corrected chi connectivity index (χ3v) is 4.02. The first kappa shape index (κ1) is 12.1. The van der Waals surface area contributed by atoms with Crippen LogP contribution in [0.5, 0.6) is 5.75 Å². The fourth-order valence-corrected chi connectivity index (χ4v) is 2.97. The molecule has 1 aromatic heterocycles. The SMILES string of the molecule is Oc1ccccc1-c1nc(C2CCc3ccccc32)no1. The first-order valence-corrected chi connectivity index (χ1v) is 7.02. The summed E-state index contributed by atoms with van der Waals surface area (Å²) in [6.07, 6.45) is 2.04. The van der Waals surface area contributed by atoms with Gasteiger partial charge >= 0.3 is 0 Å². The summed E-state index contributed by atoms with van der Waals surface area (Å²) in [5, 5.41) is 14.0. The lowest BCUT2D eigenvalue weighted by atomic mass is 10.0. The van der Waals surface area contributed by atoms with Crippen LogP contribution < -0.4 is 0 Å². The Morgan fingerprint density at radius 3 is 2.76 bits per heavy atom. The lowest BCUT2D eigenvalue weighted by Crippen LogP contribution is -1.98. The van der Waals surface area contributed by atoms with Crippen LogP contribution in [0.1, 0.15) is 29.3 Å². The molecule has 104 valence electrons. The van der Waals surface area contributed by atoms with Gasteiger partial charge in [-0.3, -0.25) is 0 Å². The number of para-hydroxylation sites is 1. The van der Waals surface area contributed by atoms with Crippen molar-refractivity contribution in [1.29, 1.82) is 0 Å². The minimum Gasteiger partial charge on any atom is -0.507 e. The number of aromatic nitrogens is 2. The zero-order chi connectivity index (χ0) is 14.2. The molecule has 0 aliphatic heterocycles. The quantitative estimate of drug-likeness (QED) is 0.779. The van der Waals surface area contributed by atoms with Crippen LogP contribution >= 0.6 is 0 Å². The molecule has 0 fully saturated rings. The van der Waals surface area contributed by atoms with Crippen molar-refractivity contribution in [2.75, 3.05) is 0 Å². The molecule has 0 saturated heterocycles. The van der Waals surface area contributed by atoms with Gasteiger partial charge in [-0.15, -0.1) is 0 Å². The van der Waals surface area contributed by atoms with Gasteiger partial charge in [0.1, 0.15) is 5.75 Å². The average molecular weight is 278 g/mol. The Morgan fingerprint density at radius 1 is 1.05 bits per heavy atom. The van der Waals surface area contributed by atoms with Crippen molar-refractivity contribution in [2.45, 2.75) is 18.8 Å². The van der Waals surface area contributed by atoms with Gasteiger partial charge in [0.25, 0.3) is 5.89 Å². The molecule has 0 amide bonds. The molecule has 4 nitrogen and oxygen atoms in total. The van der Waals surface area contributed by atoms with Crippen molar-refractivity contribution in [3.8, 4) is 17.2 Å². The largest absolute Gasteiger partial charge is 0.507 e. The van der Waals surface area contributed by atoms with E-state index in [-0.39, 0.29) is 11.7 Å². The second-order valence-electron chi connectivity index (χ2n) is 5.26. The van der Waals surface area contributed by atoms with Crippen LogP contribution in [0, 0.1) is 0 Å². The Bertz CT molecular complexity index is 795. The third-order valence-electron chi connectivity index (χ3n) is 4.02. The topological polar surface area (TPSA) is 59.2 Å². The molecule has 2 aromatic carbocycles. The maximum Gasteiger partial charge on any atom is 0.261 e. The molecule has 21 heavy (non-hydrogen) atoms. The Kier molecular flexibility index (Phi) is 2.74. The molecule has 1 aliphatic carbocycles. The van der Waals surface area contributed by atoms with E-state index in [2.05, 4.69) is 28.3 Å². The van der Waals surface area contributed by atoms with E-state index in [1.165, 1.54) is 11.1 Å². The van der Waals surface area contributed by atoms with Gasteiger partial charge in [0.2, 0.25) is 0 Å². The van der Waals surface area contributed by atoms with Crippen molar-refractivity contribution in [2.24, 2.45) is 0 Å². The van der Waals surface area contributed by atoms with Crippen molar-refractivity contribution in [3.05, 3.63) is 65.5 Å². The van der Waals surface area contributed by atoms with Crippen molar-refractivity contribution in [1.82, 2.24) is 10.1 Å². The summed E-state index contributed by atoms with van der Waals surface area (Å²) >= 11 is 0. The van der Waals surface area contributed by atoms with Crippen LogP contribution in [0.15, 0.2) is 53.1 Å². The second kappa shape index (κ2) is 4.74. The minimum absolute atomic E-state index is 0.152. The number of phenols is 1. The van der Waals surface area contributed by atoms with E-state index in [0.717, 1.165) is 12.8 Å². The molecular weight excluding hydrogens is 264 g/mol. The smallest absolute Gasteiger partial charge is 0.261 e. The lowest BCUT2D eigenvalue weighted by molar-refractivity contribution is 0.414. The van der Waals surface area contributed by atoms with Gasteiger partial charge < -0.3 is 9.63 Å². The average Bonchev–Trinajstić information content (AvgIpc) is 3.14. The summed E-state index contributed by atoms with van der Waals surface area (Å²) in [4.78, 5) is 4.48. The molecule has 3 aromatic rings. The molecule has 1 atom stereocenters. The second-order valence-corrected chi connectivity index (χ2v) is 5.26. The van der Waals surface area contributed by atoms with E-state index in [0.29, 0.717) is 17.3 Å². The predicted octanol–water partition coefficient (Wildman–Crippen LogP) is 3.52. The monoisotopic (exact) mass is 278 g/mol. The molecule has 1 heterocycles. The van der Waals surface area contributed by atoms with Gasteiger partial charge in [-0.25, -0.2) is 0 Å². The number of hydrogen-bond donors (Lipinski definition) is 1. The van der Waals surface area contributed by atoms with Crippen molar-refractivity contribution < 1.29 is 9.63 Å². The van der Waals surface area contributed by atoms with Crippen LogP contribution in [0.2, 0.25) is 0 Å². The maximum absolute atomic E-state index is 9.87. The number of aromatic hydroxyl groups is 1. The third kappa shape index (κ3) is 2.00. The van der Waals surface area contributed by atoms with Gasteiger partial charge in [0.05, 0.1) is 5.56 Å². The lowest BCUT2D eigenvalue weighted by Gasteiger charge is -2.05. The Labute approximate surface area is 122 Å². The molecule has 0 saturated carbocycles. The first-order chi connectivity index (χ1) is 10.3. The van der Waals surface area contributed by atoms with E-state index in [1.54, 1.807) is 18.2 Å². The van der Waals surface area contributed by atoms with Crippen LogP contribution in [-0.2, 0) is 6.42 Å². The minimum atomic E-state index is 0.152. The summed E-state index contributed by atoms with van der Waals surface area (Å²) in [7, 11) is 0. The van der Waals surface area contributed by atoms with Crippen LogP contribution in [0.3, 0.4) is 0 Å². The molecule has 0 bridgehead atoms. The van der Waals surface area contributed by atoms with E-state index in [9.17, 15) is 5.11 Å². The zero-order valence-corrected chi connectivity index (χ0v) is 11.4. The summed E-state index contributed by atoms with van der Waals surface area (Å²) in [6.45, 7) is 0. The number of aryl methyl sites for hydroxylation is 1. The first-order valence-electron chi connectivity index (χ1n) is 7.02. The summed E-state index contributed by atoms with van der Waals surface area (Å²) in [5.41, 5.74) is 3.21. The van der Waals surface area contributed by atoms with E-state index < -0.39 is 0 Å². The van der Waals surface area contributed by atoms with Gasteiger partial charge in [0, 0.05) is 5.92 Å². The summed E-state index contributed by atoms with van der Waals surface area (Å²) in [6, 6.07) is 15.4. The molecule has 4 rings (SSSR count). The number of phenolic OH excluding ortho intramolecular Hbond substituents is 1. The van der Waals surface area contributed by atoms with Gasteiger partial charge in [-0.2, -0.15) is 4.98 Å². The number of nitrogens with zero attached hydrogens (tertiary/aromatic N) is 2. The summed E-state index contributed by atoms with van der Waals surface area (Å²) in [5.74, 6) is 1.40. The predicted molar refractivity (Wildman–Crippen MR) is 78.0 cm³/mol. The molecule has 1 aliphatic rings. The Hall–Kier alpha value is -2.62. The van der Waals surface area contributed by atoms with Gasteiger partial charge in [-0.05, 0) is 36.1 Å². The molecule has 1 N–H and O–H groups in total. The van der Waals surface area contributed by atoms with Gasteiger partial charge in [0.15, 0.2) is 5.82 Å². The van der Waals surface area contributed by atoms with Crippen LogP contribution in [0.25, 0.3) is 11.5 Å². The highest BCUT2D eigenvalue weighted by Crippen LogP contribution is 2.37. The standard InChI is InChI=1S/C17H14N2O2/c20-15-8-4-3-7-14(15)17-18-16(19-21-17)13-10-9-11-5-1-2-6-12(11)13/h1-8,13,20H,9-10H2. The van der Waals surface area contributed by atoms with Crippen molar-refractivity contribution >= 4 is 0 Å². The van der Waals surface area contributed by atoms with E-state index >= 15 is 0 Å². The number of hydrogen-bond acceptors (Lipinski definition) is 4. The van der Waals surface area contributed by atoms with Crippen LogP contribution in [0.4, 0.5) is 0 Å². The van der Waals surface area contributed by atoms with Crippen LogP contribution in [-0.4, -0.2) is 15.2 Å². The molecule has 1 unspecified atom stereocenters. The number of rotatable bonds is 2. The highest BCUT2D eigenvalue weighted by Gasteiger charge is 2.28. The Balaban J connectivity index is 1.72. The highest BCUT2D eigenvalue weighted by atomic mass is 16.5. The van der Waals surface area contributed by atoms with E-state index in [1.807, 2.05) is 12.1 Å². The summed E-state index contributed by atoms with van der Waals surface area (Å²) < 4.78 is 5.34. The molecule has 0 radical (unpaired) electrons. The zero-order valence-electron chi connectivity index (χ0n) is 11.4. The fraction of sp³-hybridized carbons (Fsp3) is 0.176. The fourth-order valence-electron chi connectivity index (χ4n) is 2.97.